The van der Waals surface area contributed by atoms with Crippen LogP contribution in [0.25, 0.3) is 10.4 Å². The number of carbonyl (C=O) groups excluding carboxylic acids is 1. The highest BCUT2D eigenvalue weighted by Gasteiger charge is 2.22. The van der Waals surface area contributed by atoms with Gasteiger partial charge in [0.1, 0.15) is 0 Å². The van der Waals surface area contributed by atoms with Gasteiger partial charge in [-0.3, -0.25) is 5.32 Å². The number of carbonyl (C=O) groups is 1. The van der Waals surface area contributed by atoms with Crippen LogP contribution in [0.4, 0.5) is 9.93 Å². The van der Waals surface area contributed by atoms with Crippen LogP contribution in [0.3, 0.4) is 0 Å². The maximum absolute atomic E-state index is 12.0. The van der Waals surface area contributed by atoms with E-state index in [1.54, 1.807) is 23.1 Å². The third-order valence-electron chi connectivity index (χ3n) is 3.75. The van der Waals surface area contributed by atoms with Gasteiger partial charge in [0.15, 0.2) is 15.0 Å². The van der Waals surface area contributed by atoms with Crippen LogP contribution < -0.4 is 5.32 Å². The van der Waals surface area contributed by atoms with E-state index in [1.807, 2.05) is 6.92 Å². The number of urea groups is 1. The molecular formula is C15H16ClN3O3S2. The minimum Gasteiger partial charge on any atom is -0.324 e. The molecule has 0 aliphatic carbocycles. The monoisotopic (exact) mass is 385 g/mol. The Balaban J connectivity index is 1.91. The van der Waals surface area contributed by atoms with Crippen molar-refractivity contribution in [3.8, 4) is 10.4 Å². The molecule has 0 radical (unpaired) electrons. The Morgan fingerprint density at radius 1 is 1.38 bits per heavy atom. The topological polar surface area (TPSA) is 79.4 Å². The quantitative estimate of drug-likeness (QED) is 0.877. The first-order valence-electron chi connectivity index (χ1n) is 7.29. The summed E-state index contributed by atoms with van der Waals surface area (Å²) in [5.74, 6) is 0. The lowest BCUT2D eigenvalue weighted by atomic mass is 10.2. The highest BCUT2D eigenvalue weighted by Crippen LogP contribution is 2.35. The Morgan fingerprint density at radius 2 is 2.08 bits per heavy atom. The number of aromatic nitrogens is 1. The summed E-state index contributed by atoms with van der Waals surface area (Å²) in [6, 6.07) is 4.69. The number of halogens is 1. The Morgan fingerprint density at radius 3 is 2.67 bits per heavy atom. The lowest BCUT2D eigenvalue weighted by Gasteiger charge is -2.30. The first-order chi connectivity index (χ1) is 11.3. The van der Waals surface area contributed by atoms with Crippen LogP contribution in [0, 0.1) is 6.92 Å². The lowest BCUT2D eigenvalue weighted by Crippen LogP contribution is -2.44. The number of amides is 2. The van der Waals surface area contributed by atoms with Gasteiger partial charge in [-0.1, -0.05) is 29.0 Å². The number of sulfone groups is 1. The summed E-state index contributed by atoms with van der Waals surface area (Å²) in [4.78, 5) is 18.9. The molecule has 1 aliphatic heterocycles. The number of hydrogen-bond acceptors (Lipinski definition) is 5. The molecule has 1 aliphatic rings. The summed E-state index contributed by atoms with van der Waals surface area (Å²) in [7, 11) is -3.42. The van der Waals surface area contributed by atoms with Gasteiger partial charge in [-0.05, 0) is 31.0 Å². The minimum absolute atomic E-state index is 0.0839. The molecule has 1 aromatic heterocycles. The summed E-state index contributed by atoms with van der Waals surface area (Å²) in [5, 5.41) is 3.47. The standard InChI is InChI=1S/C15H16ClN3O3S2/c1-9-13(10-4-5-11(16)12(8-10)24(2,21)22)23-14(17-9)18-15(20)19-6-3-7-19/h4-5,8H,3,6-7H2,1-2H3,(H,17,18,20). The van der Waals surface area contributed by atoms with Crippen LogP contribution in [0.5, 0.6) is 0 Å². The number of rotatable bonds is 3. The molecule has 1 aromatic carbocycles. The van der Waals surface area contributed by atoms with E-state index in [4.69, 9.17) is 11.6 Å². The first-order valence-corrected chi connectivity index (χ1v) is 10.4. The van der Waals surface area contributed by atoms with Crippen molar-refractivity contribution in [1.82, 2.24) is 9.88 Å². The highest BCUT2D eigenvalue weighted by molar-refractivity contribution is 7.90. The molecule has 1 saturated heterocycles. The number of hydrogen-bond donors (Lipinski definition) is 1. The van der Waals surface area contributed by atoms with Crippen molar-refractivity contribution in [3.05, 3.63) is 28.9 Å². The Kier molecular flexibility index (Phi) is 4.54. The van der Waals surface area contributed by atoms with Crippen LogP contribution in [0.15, 0.2) is 23.1 Å². The number of thiazole rings is 1. The molecule has 6 nitrogen and oxygen atoms in total. The normalized spacial score (nSPS) is 14.4. The molecular weight excluding hydrogens is 370 g/mol. The number of nitrogens with one attached hydrogen (secondary N) is 1. The fraction of sp³-hybridized carbons (Fsp3) is 0.333. The first kappa shape index (κ1) is 17.2. The van der Waals surface area contributed by atoms with Crippen LogP contribution in [0.1, 0.15) is 12.1 Å². The SMILES string of the molecule is Cc1nc(NC(=O)N2CCC2)sc1-c1ccc(Cl)c(S(C)(=O)=O)c1. The summed E-state index contributed by atoms with van der Waals surface area (Å²) in [6.45, 7) is 3.34. The maximum atomic E-state index is 12.0. The zero-order valence-corrected chi connectivity index (χ0v) is 15.6. The molecule has 0 atom stereocenters. The second kappa shape index (κ2) is 6.34. The van der Waals surface area contributed by atoms with Crippen molar-refractivity contribution in [2.24, 2.45) is 0 Å². The molecule has 2 aromatic rings. The molecule has 1 fully saturated rings. The van der Waals surface area contributed by atoms with Crippen LogP contribution in [-0.4, -0.2) is 43.7 Å². The van der Waals surface area contributed by atoms with E-state index in [-0.39, 0.29) is 15.9 Å². The summed E-state index contributed by atoms with van der Waals surface area (Å²) < 4.78 is 23.7. The molecule has 24 heavy (non-hydrogen) atoms. The number of likely N-dealkylation sites (tertiary alicyclic amines) is 1. The Bertz CT molecular complexity index is 905. The Hall–Kier alpha value is -1.64. The molecule has 0 spiro atoms. The van der Waals surface area contributed by atoms with Gasteiger partial charge in [0.05, 0.1) is 20.5 Å². The highest BCUT2D eigenvalue weighted by atomic mass is 35.5. The van der Waals surface area contributed by atoms with Crippen molar-refractivity contribution in [1.29, 1.82) is 0 Å². The molecule has 0 bridgehead atoms. The molecule has 2 heterocycles. The van der Waals surface area contributed by atoms with Crippen LogP contribution >= 0.6 is 22.9 Å². The average molecular weight is 386 g/mol. The minimum atomic E-state index is -3.42. The van der Waals surface area contributed by atoms with Crippen molar-refractivity contribution < 1.29 is 13.2 Å². The predicted octanol–water partition coefficient (Wildman–Crippen LogP) is 3.41. The smallest absolute Gasteiger partial charge is 0.323 e. The van der Waals surface area contributed by atoms with Gasteiger partial charge in [-0.15, -0.1) is 0 Å². The van der Waals surface area contributed by atoms with E-state index >= 15 is 0 Å². The van der Waals surface area contributed by atoms with Gasteiger partial charge in [0.25, 0.3) is 0 Å². The predicted molar refractivity (Wildman–Crippen MR) is 95.6 cm³/mol. The van der Waals surface area contributed by atoms with E-state index in [2.05, 4.69) is 10.3 Å². The summed E-state index contributed by atoms with van der Waals surface area (Å²) in [5.41, 5.74) is 1.43. The second-order valence-corrected chi connectivity index (χ2v) is 9.01. The van der Waals surface area contributed by atoms with Crippen LogP contribution in [0.2, 0.25) is 5.02 Å². The van der Waals surface area contributed by atoms with Crippen LogP contribution in [-0.2, 0) is 9.84 Å². The molecule has 2 amide bonds. The van der Waals surface area contributed by atoms with Crippen molar-refractivity contribution in [3.63, 3.8) is 0 Å². The fourth-order valence-electron chi connectivity index (χ4n) is 2.34. The number of benzene rings is 1. The average Bonchev–Trinajstić information content (AvgIpc) is 2.76. The van der Waals surface area contributed by atoms with Gasteiger partial charge in [-0.2, -0.15) is 0 Å². The summed E-state index contributed by atoms with van der Waals surface area (Å²) in [6.07, 6.45) is 2.14. The molecule has 0 saturated carbocycles. The molecule has 128 valence electrons. The third-order valence-corrected chi connectivity index (χ3v) is 6.45. The fourth-order valence-corrected chi connectivity index (χ4v) is 4.59. The zero-order chi connectivity index (χ0) is 17.5. The Labute approximate surface area is 149 Å². The number of aryl methyl sites for hydroxylation is 1. The number of nitrogens with zero attached hydrogens (tertiary/aromatic N) is 2. The van der Waals surface area contributed by atoms with Gasteiger partial charge < -0.3 is 4.90 Å². The van der Waals surface area contributed by atoms with E-state index in [1.165, 1.54) is 11.3 Å². The zero-order valence-electron chi connectivity index (χ0n) is 13.2. The second-order valence-electron chi connectivity index (χ2n) is 5.62. The van der Waals surface area contributed by atoms with Gasteiger partial charge in [0, 0.05) is 19.3 Å². The molecule has 1 N–H and O–H groups in total. The third kappa shape index (κ3) is 3.40. The van der Waals surface area contributed by atoms with E-state index in [0.717, 1.165) is 36.3 Å². The van der Waals surface area contributed by atoms with Crippen molar-refractivity contribution >= 4 is 43.9 Å². The van der Waals surface area contributed by atoms with Gasteiger partial charge in [0.2, 0.25) is 0 Å². The van der Waals surface area contributed by atoms with E-state index in [0.29, 0.717) is 10.7 Å². The molecule has 9 heteroatoms. The molecule has 0 unspecified atom stereocenters. The summed E-state index contributed by atoms with van der Waals surface area (Å²) >= 11 is 7.30. The van der Waals surface area contributed by atoms with Crippen molar-refractivity contribution in [2.75, 3.05) is 24.7 Å². The molecule has 3 rings (SSSR count). The van der Waals surface area contributed by atoms with Gasteiger partial charge in [-0.25, -0.2) is 18.2 Å². The van der Waals surface area contributed by atoms with Crippen molar-refractivity contribution in [2.45, 2.75) is 18.2 Å². The lowest BCUT2D eigenvalue weighted by molar-refractivity contribution is 0.181. The van der Waals surface area contributed by atoms with Gasteiger partial charge >= 0.3 is 6.03 Å². The van der Waals surface area contributed by atoms with E-state index < -0.39 is 9.84 Å². The maximum Gasteiger partial charge on any atom is 0.323 e. The number of anilines is 1. The largest absolute Gasteiger partial charge is 0.324 e. The van der Waals surface area contributed by atoms with E-state index in [9.17, 15) is 13.2 Å².